The molecule has 1 aliphatic rings. The Balaban J connectivity index is 1.41. The average Bonchev–Trinajstić information content (AvgIpc) is 3.20. The molecule has 1 aromatic heterocycles. The van der Waals surface area contributed by atoms with Gasteiger partial charge in [0.2, 0.25) is 0 Å². The first-order valence-electron chi connectivity index (χ1n) is 12.4. The zero-order chi connectivity index (χ0) is 26.8. The van der Waals surface area contributed by atoms with Gasteiger partial charge in [-0.05, 0) is 48.4 Å². The van der Waals surface area contributed by atoms with Crippen LogP contribution in [0.3, 0.4) is 0 Å². The van der Waals surface area contributed by atoms with Crippen molar-refractivity contribution in [1.82, 2.24) is 10.00 Å². The van der Waals surface area contributed by atoms with Gasteiger partial charge in [0, 0.05) is 36.6 Å². The molecule has 0 aliphatic carbocycles. The SMILES string of the molecule is Cc1[nH][n+](OCc2ccccc2)c(C)c1C(=O)N1CCN(c2ccc(Cl)cc2Cl)C(c2ccc(Cl)cc2)C1. The van der Waals surface area contributed by atoms with Crippen LogP contribution < -0.4 is 14.6 Å². The van der Waals surface area contributed by atoms with Gasteiger partial charge in [-0.15, -0.1) is 5.10 Å². The van der Waals surface area contributed by atoms with Crippen LogP contribution in [0, 0.1) is 13.8 Å². The van der Waals surface area contributed by atoms with Crippen LogP contribution in [0.2, 0.25) is 15.1 Å². The molecule has 0 spiro atoms. The minimum Gasteiger partial charge on any atom is -0.360 e. The number of hydrogen-bond acceptors (Lipinski definition) is 3. The number of aromatic amines is 1. The van der Waals surface area contributed by atoms with Crippen molar-refractivity contribution in [3.63, 3.8) is 0 Å². The van der Waals surface area contributed by atoms with Crippen molar-refractivity contribution in [2.75, 3.05) is 24.5 Å². The summed E-state index contributed by atoms with van der Waals surface area (Å²) in [6, 6.07) is 23.0. The molecule has 1 N–H and O–H groups in total. The van der Waals surface area contributed by atoms with E-state index in [1.165, 1.54) is 0 Å². The second-order valence-corrected chi connectivity index (χ2v) is 10.6. The smallest absolute Gasteiger partial charge is 0.275 e. The van der Waals surface area contributed by atoms with Crippen molar-refractivity contribution in [2.24, 2.45) is 0 Å². The van der Waals surface area contributed by atoms with Crippen LogP contribution in [0.4, 0.5) is 5.69 Å². The number of nitrogens with zero attached hydrogens (tertiary/aromatic N) is 3. The predicted octanol–water partition coefficient (Wildman–Crippen LogP) is 6.21. The van der Waals surface area contributed by atoms with Crippen molar-refractivity contribution in [3.05, 3.63) is 116 Å². The zero-order valence-electron chi connectivity index (χ0n) is 21.1. The third kappa shape index (κ3) is 5.48. The first kappa shape index (κ1) is 26.4. The van der Waals surface area contributed by atoms with Gasteiger partial charge < -0.3 is 9.80 Å². The van der Waals surface area contributed by atoms with Gasteiger partial charge in [-0.1, -0.05) is 77.3 Å². The Bertz CT molecular complexity index is 1440. The molecule has 1 unspecified atom stereocenters. The monoisotopic (exact) mass is 569 g/mol. The summed E-state index contributed by atoms with van der Waals surface area (Å²) in [6.07, 6.45) is 0. The fourth-order valence-electron chi connectivity index (χ4n) is 4.92. The molecule has 0 saturated carbocycles. The van der Waals surface area contributed by atoms with Crippen LogP contribution in [0.1, 0.15) is 38.9 Å². The third-order valence-corrected chi connectivity index (χ3v) is 7.66. The lowest BCUT2D eigenvalue weighted by atomic mass is 10.0. The van der Waals surface area contributed by atoms with Crippen LogP contribution in [0.25, 0.3) is 0 Å². The van der Waals surface area contributed by atoms with E-state index in [1.807, 2.05) is 85.5 Å². The first-order chi connectivity index (χ1) is 18.3. The Kier molecular flexibility index (Phi) is 7.84. The molecule has 1 amide bonds. The molecular formula is C29H28Cl3N4O2+. The van der Waals surface area contributed by atoms with Gasteiger partial charge in [-0.2, -0.15) is 0 Å². The average molecular weight is 571 g/mol. The van der Waals surface area contributed by atoms with Gasteiger partial charge in [0.15, 0.2) is 6.61 Å². The molecule has 0 bridgehead atoms. The van der Waals surface area contributed by atoms with E-state index >= 15 is 0 Å². The fourth-order valence-corrected chi connectivity index (χ4v) is 5.56. The second kappa shape index (κ2) is 11.3. The molecule has 0 radical (unpaired) electrons. The number of rotatable bonds is 6. The van der Waals surface area contributed by atoms with Crippen LogP contribution >= 0.6 is 34.8 Å². The largest absolute Gasteiger partial charge is 0.360 e. The van der Waals surface area contributed by atoms with Gasteiger partial charge in [0.1, 0.15) is 10.4 Å². The van der Waals surface area contributed by atoms with E-state index in [1.54, 1.807) is 10.9 Å². The molecule has 4 aromatic rings. The number of hydrogen-bond donors (Lipinski definition) is 1. The number of piperazine rings is 1. The number of nitrogens with one attached hydrogen (secondary N) is 1. The van der Waals surface area contributed by atoms with Crippen molar-refractivity contribution in [1.29, 1.82) is 0 Å². The standard InChI is InChI=1S/C29H27Cl3N4O2/c1-19-28(20(2)36(33-19)38-18-21-6-4-3-5-7-21)29(37)34-14-15-35(26-13-12-24(31)16-25(26)32)27(17-34)22-8-10-23(30)11-9-22/h3-13,16,27H,14-15,17-18H2,1-2H3/p+1. The number of amides is 1. The summed E-state index contributed by atoms with van der Waals surface area (Å²) in [5.74, 6) is -0.0425. The second-order valence-electron chi connectivity index (χ2n) is 9.36. The molecule has 2 heterocycles. The number of benzene rings is 3. The van der Waals surface area contributed by atoms with E-state index in [-0.39, 0.29) is 11.9 Å². The summed E-state index contributed by atoms with van der Waals surface area (Å²) < 4.78 is 0. The molecular weight excluding hydrogens is 543 g/mol. The van der Waals surface area contributed by atoms with Gasteiger partial charge in [-0.3, -0.25) is 4.79 Å². The van der Waals surface area contributed by atoms with Gasteiger partial charge >= 0.3 is 0 Å². The zero-order valence-corrected chi connectivity index (χ0v) is 23.4. The highest BCUT2D eigenvalue weighted by molar-refractivity contribution is 6.36. The Morgan fingerprint density at radius 1 is 0.974 bits per heavy atom. The summed E-state index contributed by atoms with van der Waals surface area (Å²) >= 11 is 18.9. The van der Waals surface area contributed by atoms with E-state index in [9.17, 15) is 4.79 Å². The molecule has 5 rings (SSSR count). The first-order valence-corrected chi connectivity index (χ1v) is 13.5. The summed E-state index contributed by atoms with van der Waals surface area (Å²) in [5, 5.41) is 5.01. The number of aryl methyl sites for hydroxylation is 1. The summed E-state index contributed by atoms with van der Waals surface area (Å²) in [6.45, 7) is 5.79. The third-order valence-electron chi connectivity index (χ3n) is 6.87. The van der Waals surface area contributed by atoms with E-state index in [2.05, 4.69) is 10.00 Å². The molecule has 3 aromatic carbocycles. The predicted molar refractivity (Wildman–Crippen MR) is 151 cm³/mol. The van der Waals surface area contributed by atoms with Gasteiger partial charge in [0.25, 0.3) is 11.6 Å². The lowest BCUT2D eigenvalue weighted by Crippen LogP contribution is -2.51. The van der Waals surface area contributed by atoms with Gasteiger partial charge in [0.05, 0.1) is 22.4 Å². The van der Waals surface area contributed by atoms with Crippen LogP contribution in [0.5, 0.6) is 0 Å². The Morgan fingerprint density at radius 2 is 1.68 bits per heavy atom. The summed E-state index contributed by atoms with van der Waals surface area (Å²) in [7, 11) is 0. The number of carbonyl (C=O) groups is 1. The summed E-state index contributed by atoms with van der Waals surface area (Å²) in [5.41, 5.74) is 5.07. The Labute approximate surface area is 237 Å². The maximum Gasteiger partial charge on any atom is 0.275 e. The number of halogens is 3. The van der Waals surface area contributed by atoms with Crippen LogP contribution in [0.15, 0.2) is 72.8 Å². The van der Waals surface area contributed by atoms with Crippen LogP contribution in [-0.4, -0.2) is 35.5 Å². The molecule has 6 nitrogen and oxygen atoms in total. The van der Waals surface area contributed by atoms with Crippen LogP contribution in [-0.2, 0) is 6.61 Å². The minimum atomic E-state index is -0.121. The minimum absolute atomic E-state index is 0.0425. The van der Waals surface area contributed by atoms with Gasteiger partial charge in [-0.25, -0.2) is 4.84 Å². The molecule has 1 saturated heterocycles. The number of H-pyrrole nitrogens is 1. The number of aromatic nitrogens is 2. The van der Waals surface area contributed by atoms with Crippen molar-refractivity contribution < 1.29 is 14.5 Å². The van der Waals surface area contributed by atoms with Crippen molar-refractivity contribution in [2.45, 2.75) is 26.5 Å². The fraction of sp³-hybridized carbons (Fsp3) is 0.241. The lowest BCUT2D eigenvalue weighted by Gasteiger charge is -2.43. The highest BCUT2D eigenvalue weighted by Crippen LogP contribution is 2.37. The van der Waals surface area contributed by atoms with E-state index < -0.39 is 0 Å². The Hall–Kier alpha value is -3.19. The highest BCUT2D eigenvalue weighted by Gasteiger charge is 2.36. The molecule has 196 valence electrons. The molecule has 9 heteroatoms. The number of anilines is 1. The summed E-state index contributed by atoms with van der Waals surface area (Å²) in [4.78, 5) is 25.5. The molecule has 1 fully saturated rings. The molecule has 1 atom stereocenters. The van der Waals surface area contributed by atoms with E-state index in [0.717, 1.165) is 28.2 Å². The maximum absolute atomic E-state index is 13.9. The Morgan fingerprint density at radius 3 is 2.39 bits per heavy atom. The number of carbonyl (C=O) groups excluding carboxylic acids is 1. The highest BCUT2D eigenvalue weighted by atomic mass is 35.5. The van der Waals surface area contributed by atoms with Crippen molar-refractivity contribution >= 4 is 46.4 Å². The topological polar surface area (TPSA) is 52.5 Å². The maximum atomic E-state index is 13.9. The molecule has 38 heavy (non-hydrogen) atoms. The molecule has 1 aliphatic heterocycles. The quantitative estimate of drug-likeness (QED) is 0.280. The van der Waals surface area contributed by atoms with Crippen molar-refractivity contribution in [3.8, 4) is 0 Å². The van der Waals surface area contributed by atoms with E-state index in [0.29, 0.717) is 46.9 Å². The van der Waals surface area contributed by atoms with E-state index in [4.69, 9.17) is 39.6 Å². The normalized spacial score (nSPS) is 15.6. The lowest BCUT2D eigenvalue weighted by molar-refractivity contribution is -0.940.